The number of aliphatic imine (C=N–C) groups is 1. The lowest BCUT2D eigenvalue weighted by Gasteiger charge is -2.01. The van der Waals surface area contributed by atoms with Gasteiger partial charge in [-0.3, -0.25) is 0 Å². The van der Waals surface area contributed by atoms with Crippen molar-refractivity contribution in [2.45, 2.75) is 0 Å². The number of thiocarbonyl (C=S) groups is 1. The highest BCUT2D eigenvalue weighted by Crippen LogP contribution is 2.12. The number of nitrogens with zero attached hydrogens (tertiary/aromatic N) is 1. The van der Waals surface area contributed by atoms with Crippen LogP contribution in [0.3, 0.4) is 0 Å². The molecule has 0 radical (unpaired) electrons. The van der Waals surface area contributed by atoms with E-state index in [1.807, 2.05) is 0 Å². The van der Waals surface area contributed by atoms with E-state index in [0.717, 1.165) is 0 Å². The number of rotatable bonds is 4. The Bertz CT molecular complexity index is 405. The molecule has 0 aromatic heterocycles. The largest absolute Gasteiger partial charge is 0.458 e. The van der Waals surface area contributed by atoms with E-state index in [9.17, 15) is 4.79 Å². The van der Waals surface area contributed by atoms with E-state index in [0.29, 0.717) is 11.3 Å². The zero-order valence-corrected chi connectivity index (χ0v) is 8.79. The standard InChI is InChI=1S/C11H9NO2S/c1-2-7-14-11(13)9-3-5-10(6-4-9)12-8-15/h2-6H,1,7H2. The molecule has 0 bridgehead atoms. The van der Waals surface area contributed by atoms with Crippen molar-refractivity contribution in [2.75, 3.05) is 6.61 Å². The summed E-state index contributed by atoms with van der Waals surface area (Å²) in [7, 11) is 0. The quantitative estimate of drug-likeness (QED) is 0.338. The fourth-order valence-corrected chi connectivity index (χ4v) is 1.05. The van der Waals surface area contributed by atoms with Crippen molar-refractivity contribution in [3.63, 3.8) is 0 Å². The van der Waals surface area contributed by atoms with E-state index in [1.165, 1.54) is 6.08 Å². The van der Waals surface area contributed by atoms with Crippen LogP contribution in [-0.2, 0) is 4.74 Å². The van der Waals surface area contributed by atoms with Crippen molar-refractivity contribution in [1.82, 2.24) is 0 Å². The smallest absolute Gasteiger partial charge is 0.338 e. The Hall–Kier alpha value is -1.77. The minimum Gasteiger partial charge on any atom is -0.458 e. The summed E-state index contributed by atoms with van der Waals surface area (Å²) in [6.07, 6.45) is 1.52. The van der Waals surface area contributed by atoms with Crippen LogP contribution in [0.25, 0.3) is 0 Å². The molecule has 0 heterocycles. The average Bonchev–Trinajstić information content (AvgIpc) is 2.27. The van der Waals surface area contributed by atoms with Gasteiger partial charge in [0.05, 0.1) is 16.4 Å². The summed E-state index contributed by atoms with van der Waals surface area (Å²) in [5.41, 5.74) is 1.13. The van der Waals surface area contributed by atoms with E-state index in [1.54, 1.807) is 24.3 Å². The molecule has 0 N–H and O–H groups in total. The Morgan fingerprint density at radius 3 is 2.73 bits per heavy atom. The van der Waals surface area contributed by atoms with Crippen molar-refractivity contribution in [1.29, 1.82) is 0 Å². The second kappa shape index (κ2) is 5.86. The summed E-state index contributed by atoms with van der Waals surface area (Å²) in [5, 5.41) is 2.25. The number of esters is 1. The summed E-state index contributed by atoms with van der Waals surface area (Å²) < 4.78 is 4.85. The van der Waals surface area contributed by atoms with Crippen LogP contribution < -0.4 is 0 Å². The molecule has 4 heteroatoms. The predicted molar refractivity (Wildman–Crippen MR) is 61.6 cm³/mol. The van der Waals surface area contributed by atoms with Gasteiger partial charge in [0.15, 0.2) is 0 Å². The van der Waals surface area contributed by atoms with Crippen LogP contribution in [0, 0.1) is 0 Å². The molecule has 0 aliphatic rings. The summed E-state index contributed by atoms with van der Waals surface area (Å²) >= 11 is 4.46. The predicted octanol–water partition coefficient (Wildman–Crippen LogP) is 2.76. The highest BCUT2D eigenvalue weighted by molar-refractivity contribution is 7.78. The molecule has 1 rings (SSSR count). The molecule has 0 saturated carbocycles. The van der Waals surface area contributed by atoms with Crippen LogP contribution in [-0.4, -0.2) is 17.7 Å². The maximum Gasteiger partial charge on any atom is 0.338 e. The third-order valence-electron chi connectivity index (χ3n) is 1.61. The lowest BCUT2D eigenvalue weighted by Crippen LogP contribution is -2.04. The van der Waals surface area contributed by atoms with Gasteiger partial charge in [-0.15, -0.1) is 0 Å². The van der Waals surface area contributed by atoms with E-state index in [-0.39, 0.29) is 12.6 Å². The number of isothiocyanates is 1. The lowest BCUT2D eigenvalue weighted by molar-refractivity contribution is 0.0550. The molecule has 0 amide bonds. The van der Waals surface area contributed by atoms with Crippen molar-refractivity contribution in [3.8, 4) is 0 Å². The maximum absolute atomic E-state index is 11.3. The first-order valence-corrected chi connectivity index (χ1v) is 4.64. The van der Waals surface area contributed by atoms with Gasteiger partial charge in [0.1, 0.15) is 6.61 Å². The van der Waals surface area contributed by atoms with Gasteiger partial charge in [-0.2, -0.15) is 4.99 Å². The summed E-state index contributed by atoms with van der Waals surface area (Å²) in [6, 6.07) is 6.58. The molecule has 0 fully saturated rings. The first-order chi connectivity index (χ1) is 7.27. The highest BCUT2D eigenvalue weighted by atomic mass is 32.1. The number of carbonyl (C=O) groups excluding carboxylic acids is 1. The monoisotopic (exact) mass is 219 g/mol. The SMILES string of the molecule is C=CCOC(=O)c1ccc(N=C=S)cc1. The van der Waals surface area contributed by atoms with E-state index in [2.05, 4.69) is 29.0 Å². The zero-order valence-electron chi connectivity index (χ0n) is 7.97. The topological polar surface area (TPSA) is 38.7 Å². The Balaban J connectivity index is 2.74. The number of benzene rings is 1. The molecule has 1 aromatic carbocycles. The summed E-state index contributed by atoms with van der Waals surface area (Å²) in [4.78, 5) is 15.1. The van der Waals surface area contributed by atoms with Gasteiger partial charge in [0.2, 0.25) is 0 Å². The molecule has 76 valence electrons. The van der Waals surface area contributed by atoms with Gasteiger partial charge in [0, 0.05) is 0 Å². The Morgan fingerprint density at radius 1 is 1.53 bits per heavy atom. The molecule has 0 unspecified atom stereocenters. The van der Waals surface area contributed by atoms with Crippen molar-refractivity contribution in [2.24, 2.45) is 4.99 Å². The van der Waals surface area contributed by atoms with E-state index >= 15 is 0 Å². The molecular formula is C11H9NO2S. The minimum absolute atomic E-state index is 0.207. The molecular weight excluding hydrogens is 210 g/mol. The molecule has 0 aliphatic carbocycles. The van der Waals surface area contributed by atoms with Gasteiger partial charge in [0.25, 0.3) is 0 Å². The zero-order chi connectivity index (χ0) is 11.1. The van der Waals surface area contributed by atoms with Gasteiger partial charge >= 0.3 is 5.97 Å². The summed E-state index contributed by atoms with van der Waals surface area (Å²) in [5.74, 6) is -0.382. The Labute approximate surface area is 93.1 Å². The van der Waals surface area contributed by atoms with Crippen LogP contribution in [0.1, 0.15) is 10.4 Å². The first-order valence-electron chi connectivity index (χ1n) is 4.24. The minimum atomic E-state index is -0.382. The Kier molecular flexibility index (Phi) is 4.41. The van der Waals surface area contributed by atoms with Gasteiger partial charge < -0.3 is 4.74 Å². The van der Waals surface area contributed by atoms with E-state index in [4.69, 9.17) is 4.74 Å². The third kappa shape index (κ3) is 3.46. The van der Waals surface area contributed by atoms with Crippen LogP contribution in [0.15, 0.2) is 41.9 Å². The number of hydrogen-bond acceptors (Lipinski definition) is 4. The second-order valence-electron chi connectivity index (χ2n) is 2.64. The first kappa shape index (κ1) is 11.3. The van der Waals surface area contributed by atoms with Crippen LogP contribution in [0.4, 0.5) is 5.69 Å². The number of carbonyl (C=O) groups is 1. The molecule has 3 nitrogen and oxygen atoms in total. The van der Waals surface area contributed by atoms with Gasteiger partial charge in [-0.05, 0) is 36.5 Å². The molecule has 0 saturated heterocycles. The van der Waals surface area contributed by atoms with Crippen LogP contribution >= 0.6 is 12.2 Å². The Morgan fingerprint density at radius 2 is 2.20 bits per heavy atom. The third-order valence-corrected chi connectivity index (χ3v) is 1.70. The van der Waals surface area contributed by atoms with Crippen LogP contribution in [0.5, 0.6) is 0 Å². The fraction of sp³-hybridized carbons (Fsp3) is 0.0909. The van der Waals surface area contributed by atoms with Crippen molar-refractivity contribution < 1.29 is 9.53 Å². The van der Waals surface area contributed by atoms with Crippen molar-refractivity contribution >= 4 is 29.0 Å². The van der Waals surface area contributed by atoms with E-state index < -0.39 is 0 Å². The van der Waals surface area contributed by atoms with Gasteiger partial charge in [-0.1, -0.05) is 12.7 Å². The normalized spacial score (nSPS) is 8.80. The molecule has 0 aliphatic heterocycles. The number of hydrogen-bond donors (Lipinski definition) is 0. The van der Waals surface area contributed by atoms with Crippen LogP contribution in [0.2, 0.25) is 0 Å². The van der Waals surface area contributed by atoms with Gasteiger partial charge in [-0.25, -0.2) is 4.79 Å². The fourth-order valence-electron chi connectivity index (χ4n) is 0.943. The number of ether oxygens (including phenoxy) is 1. The molecule has 15 heavy (non-hydrogen) atoms. The second-order valence-corrected chi connectivity index (χ2v) is 2.82. The maximum atomic E-state index is 11.3. The average molecular weight is 219 g/mol. The molecule has 1 aromatic rings. The highest BCUT2D eigenvalue weighted by Gasteiger charge is 2.04. The summed E-state index contributed by atoms with van der Waals surface area (Å²) in [6.45, 7) is 3.66. The van der Waals surface area contributed by atoms with Crippen molar-refractivity contribution in [3.05, 3.63) is 42.5 Å². The molecule has 0 atom stereocenters. The molecule has 0 spiro atoms. The lowest BCUT2D eigenvalue weighted by atomic mass is 10.2.